The summed E-state index contributed by atoms with van der Waals surface area (Å²) >= 11 is 0. The summed E-state index contributed by atoms with van der Waals surface area (Å²) in [5, 5.41) is 22.4. The molecular weight excluding hydrogens is 324 g/mol. The standard InChI is InChI=1S/C17H16N4O4/c1-12-4-2-3-5-13(12)6-7-19-16(22)11-20-10-15(21(24)25)8-14(9-18)17(20)23/h2-5,8,10H,6-7,11H2,1H3,(H,19,22). The van der Waals surface area contributed by atoms with E-state index in [4.69, 9.17) is 5.26 Å². The topological polar surface area (TPSA) is 118 Å². The first-order valence-corrected chi connectivity index (χ1v) is 7.52. The van der Waals surface area contributed by atoms with Crippen LogP contribution in [0, 0.1) is 28.4 Å². The highest BCUT2D eigenvalue weighted by Gasteiger charge is 2.15. The van der Waals surface area contributed by atoms with Crippen LogP contribution in [0.1, 0.15) is 16.7 Å². The third-order valence-electron chi connectivity index (χ3n) is 3.69. The molecule has 2 aromatic rings. The normalized spacial score (nSPS) is 10.1. The number of nitriles is 1. The number of nitrogens with one attached hydrogen (secondary N) is 1. The number of amides is 1. The Morgan fingerprint density at radius 1 is 1.40 bits per heavy atom. The fraction of sp³-hybridized carbons (Fsp3) is 0.235. The Labute approximate surface area is 143 Å². The van der Waals surface area contributed by atoms with E-state index in [1.54, 1.807) is 6.07 Å². The number of nitro groups is 1. The minimum Gasteiger partial charge on any atom is -0.354 e. The number of carbonyl (C=O) groups excluding carboxylic acids is 1. The van der Waals surface area contributed by atoms with Crippen LogP contribution < -0.4 is 10.9 Å². The summed E-state index contributed by atoms with van der Waals surface area (Å²) in [7, 11) is 0. The second kappa shape index (κ2) is 7.88. The van der Waals surface area contributed by atoms with Gasteiger partial charge in [0.2, 0.25) is 5.91 Å². The maximum atomic E-state index is 12.0. The van der Waals surface area contributed by atoms with Crippen molar-refractivity contribution in [3.8, 4) is 6.07 Å². The number of benzene rings is 1. The van der Waals surface area contributed by atoms with Gasteiger partial charge in [0.15, 0.2) is 0 Å². The van der Waals surface area contributed by atoms with Gasteiger partial charge in [-0.25, -0.2) is 0 Å². The monoisotopic (exact) mass is 340 g/mol. The molecule has 1 heterocycles. The van der Waals surface area contributed by atoms with Gasteiger partial charge in [-0.2, -0.15) is 5.26 Å². The lowest BCUT2D eigenvalue weighted by molar-refractivity contribution is -0.385. The fourth-order valence-electron chi connectivity index (χ4n) is 2.36. The Morgan fingerprint density at radius 2 is 2.12 bits per heavy atom. The molecule has 0 aliphatic carbocycles. The lowest BCUT2D eigenvalue weighted by Gasteiger charge is -2.09. The van der Waals surface area contributed by atoms with Crippen molar-refractivity contribution in [3.63, 3.8) is 0 Å². The van der Waals surface area contributed by atoms with Crippen molar-refractivity contribution < 1.29 is 9.72 Å². The van der Waals surface area contributed by atoms with Gasteiger partial charge < -0.3 is 5.32 Å². The van der Waals surface area contributed by atoms with E-state index in [1.165, 1.54) is 0 Å². The van der Waals surface area contributed by atoms with Crippen LogP contribution in [0.2, 0.25) is 0 Å². The lowest BCUT2D eigenvalue weighted by Crippen LogP contribution is -2.34. The first kappa shape index (κ1) is 17.9. The molecular formula is C17H16N4O4. The predicted octanol–water partition coefficient (Wildman–Crippen LogP) is 1.30. The van der Waals surface area contributed by atoms with Gasteiger partial charge in [-0.3, -0.25) is 24.3 Å². The Hall–Kier alpha value is -3.47. The number of aryl methyl sites for hydroxylation is 1. The summed E-state index contributed by atoms with van der Waals surface area (Å²) in [6.45, 7) is 1.96. The predicted molar refractivity (Wildman–Crippen MR) is 90.0 cm³/mol. The van der Waals surface area contributed by atoms with Crippen LogP contribution in [0.25, 0.3) is 0 Å². The zero-order valence-electron chi connectivity index (χ0n) is 13.6. The van der Waals surface area contributed by atoms with Crippen LogP contribution in [0.4, 0.5) is 5.69 Å². The van der Waals surface area contributed by atoms with Gasteiger partial charge in [0, 0.05) is 12.6 Å². The Morgan fingerprint density at radius 3 is 2.76 bits per heavy atom. The maximum Gasteiger partial charge on any atom is 0.287 e. The maximum absolute atomic E-state index is 12.0. The molecule has 0 unspecified atom stereocenters. The van der Waals surface area contributed by atoms with Crippen LogP contribution >= 0.6 is 0 Å². The minimum atomic E-state index is -0.734. The molecule has 1 aromatic heterocycles. The number of nitrogens with zero attached hydrogens (tertiary/aromatic N) is 3. The second-order valence-corrected chi connectivity index (χ2v) is 5.44. The Bertz CT molecular complexity index is 912. The molecule has 0 spiro atoms. The zero-order chi connectivity index (χ0) is 18.4. The molecule has 1 amide bonds. The van der Waals surface area contributed by atoms with Crippen molar-refractivity contribution in [2.45, 2.75) is 19.9 Å². The Kier molecular flexibility index (Phi) is 5.63. The largest absolute Gasteiger partial charge is 0.354 e. The average Bonchev–Trinajstić information content (AvgIpc) is 2.58. The number of hydrogen-bond donors (Lipinski definition) is 1. The van der Waals surface area contributed by atoms with Gasteiger partial charge in [0.1, 0.15) is 18.2 Å². The molecule has 8 heteroatoms. The van der Waals surface area contributed by atoms with Gasteiger partial charge in [0.25, 0.3) is 11.2 Å². The third kappa shape index (κ3) is 4.51. The van der Waals surface area contributed by atoms with Crippen LogP contribution in [0.3, 0.4) is 0 Å². The molecule has 0 aliphatic rings. The van der Waals surface area contributed by atoms with E-state index in [-0.39, 0.29) is 12.1 Å². The fourth-order valence-corrected chi connectivity index (χ4v) is 2.36. The summed E-state index contributed by atoms with van der Waals surface area (Å²) in [4.78, 5) is 34.1. The van der Waals surface area contributed by atoms with Gasteiger partial charge in [-0.1, -0.05) is 24.3 Å². The van der Waals surface area contributed by atoms with E-state index >= 15 is 0 Å². The molecule has 0 radical (unpaired) electrons. The average molecular weight is 340 g/mol. The third-order valence-corrected chi connectivity index (χ3v) is 3.69. The van der Waals surface area contributed by atoms with E-state index in [1.807, 2.05) is 31.2 Å². The van der Waals surface area contributed by atoms with E-state index in [2.05, 4.69) is 5.32 Å². The molecule has 2 rings (SSSR count). The summed E-state index contributed by atoms with van der Waals surface area (Å²) < 4.78 is 0.875. The number of hydrogen-bond acceptors (Lipinski definition) is 5. The molecule has 0 bridgehead atoms. The van der Waals surface area contributed by atoms with E-state index in [0.29, 0.717) is 13.0 Å². The van der Waals surface area contributed by atoms with Gasteiger partial charge >= 0.3 is 0 Å². The van der Waals surface area contributed by atoms with Gasteiger partial charge in [-0.05, 0) is 24.5 Å². The molecule has 0 atom stereocenters. The van der Waals surface area contributed by atoms with E-state index in [9.17, 15) is 19.7 Å². The number of pyridine rings is 1. The molecule has 1 N–H and O–H groups in total. The van der Waals surface area contributed by atoms with Gasteiger partial charge in [-0.15, -0.1) is 0 Å². The van der Waals surface area contributed by atoms with Crippen molar-refractivity contribution in [2.75, 3.05) is 6.54 Å². The summed E-state index contributed by atoms with van der Waals surface area (Å²) in [5.74, 6) is -0.458. The van der Waals surface area contributed by atoms with Crippen LogP contribution in [0.15, 0.2) is 41.3 Å². The molecule has 0 saturated heterocycles. The van der Waals surface area contributed by atoms with Crippen molar-refractivity contribution in [3.05, 3.63) is 73.7 Å². The first-order chi connectivity index (χ1) is 11.9. The molecule has 128 valence electrons. The Balaban J connectivity index is 2.04. The van der Waals surface area contributed by atoms with Crippen molar-refractivity contribution in [1.29, 1.82) is 5.26 Å². The van der Waals surface area contributed by atoms with Crippen LogP contribution in [-0.4, -0.2) is 21.9 Å². The highest BCUT2D eigenvalue weighted by molar-refractivity contribution is 5.75. The first-order valence-electron chi connectivity index (χ1n) is 7.52. The SMILES string of the molecule is Cc1ccccc1CCNC(=O)Cn1cc([N+](=O)[O-])cc(C#N)c1=O. The van der Waals surface area contributed by atoms with Crippen molar-refractivity contribution in [1.82, 2.24) is 9.88 Å². The molecule has 0 saturated carbocycles. The molecule has 25 heavy (non-hydrogen) atoms. The minimum absolute atomic E-state index is 0.373. The summed E-state index contributed by atoms with van der Waals surface area (Å²) in [5.41, 5.74) is 0.695. The lowest BCUT2D eigenvalue weighted by atomic mass is 10.1. The second-order valence-electron chi connectivity index (χ2n) is 5.44. The zero-order valence-corrected chi connectivity index (χ0v) is 13.6. The van der Waals surface area contributed by atoms with E-state index < -0.39 is 22.1 Å². The highest BCUT2D eigenvalue weighted by Crippen LogP contribution is 2.10. The van der Waals surface area contributed by atoms with Crippen LogP contribution in [-0.2, 0) is 17.8 Å². The molecule has 0 aliphatic heterocycles. The van der Waals surface area contributed by atoms with Crippen molar-refractivity contribution >= 4 is 11.6 Å². The van der Waals surface area contributed by atoms with E-state index in [0.717, 1.165) is 28.0 Å². The number of aromatic nitrogens is 1. The van der Waals surface area contributed by atoms with Crippen molar-refractivity contribution in [2.24, 2.45) is 0 Å². The quantitative estimate of drug-likeness (QED) is 0.628. The molecule has 0 fully saturated rings. The molecule has 1 aromatic carbocycles. The highest BCUT2D eigenvalue weighted by atomic mass is 16.6. The van der Waals surface area contributed by atoms with Crippen LogP contribution in [0.5, 0.6) is 0 Å². The summed E-state index contributed by atoms with van der Waals surface area (Å²) in [6.07, 6.45) is 1.59. The van der Waals surface area contributed by atoms with Gasteiger partial charge in [0.05, 0.1) is 11.1 Å². The number of carbonyl (C=O) groups is 1. The number of rotatable bonds is 6. The smallest absolute Gasteiger partial charge is 0.287 e. The molecule has 8 nitrogen and oxygen atoms in total. The summed E-state index contributed by atoms with van der Waals surface area (Å²) in [6, 6.07) is 10.3.